The van der Waals surface area contributed by atoms with Gasteiger partial charge in [0.2, 0.25) is 0 Å². The second kappa shape index (κ2) is 6.72. The SMILES string of the molecule is CC(CN(C)Cc1ccsc1)C(=O)c1ccc(F)cn1. The van der Waals surface area contributed by atoms with Crippen LogP contribution < -0.4 is 0 Å². The maximum absolute atomic E-state index is 12.8. The van der Waals surface area contributed by atoms with Crippen LogP contribution in [0.15, 0.2) is 35.2 Å². The van der Waals surface area contributed by atoms with Gasteiger partial charge in [0, 0.05) is 19.0 Å². The van der Waals surface area contributed by atoms with Gasteiger partial charge in [-0.05, 0) is 41.6 Å². The lowest BCUT2D eigenvalue weighted by molar-refractivity contribution is 0.0896. The van der Waals surface area contributed by atoms with E-state index in [9.17, 15) is 9.18 Å². The molecule has 2 heterocycles. The Morgan fingerprint density at radius 2 is 2.25 bits per heavy atom. The molecule has 2 aromatic rings. The molecule has 0 N–H and O–H groups in total. The first-order chi connectivity index (χ1) is 9.56. The van der Waals surface area contributed by atoms with Crippen molar-refractivity contribution in [1.29, 1.82) is 0 Å². The smallest absolute Gasteiger partial charge is 0.185 e. The van der Waals surface area contributed by atoms with E-state index in [0.29, 0.717) is 12.2 Å². The molecule has 2 rings (SSSR count). The van der Waals surface area contributed by atoms with Crippen LogP contribution in [-0.2, 0) is 6.54 Å². The molecule has 3 nitrogen and oxygen atoms in total. The second-order valence-corrected chi connectivity index (χ2v) is 5.74. The average molecular weight is 292 g/mol. The zero-order valence-electron chi connectivity index (χ0n) is 11.5. The van der Waals surface area contributed by atoms with Crippen LogP contribution in [-0.4, -0.2) is 29.3 Å². The molecule has 1 atom stereocenters. The molecule has 20 heavy (non-hydrogen) atoms. The molecule has 0 radical (unpaired) electrons. The van der Waals surface area contributed by atoms with E-state index < -0.39 is 5.82 Å². The quantitative estimate of drug-likeness (QED) is 0.766. The molecule has 0 aliphatic carbocycles. The summed E-state index contributed by atoms with van der Waals surface area (Å²) in [5.74, 6) is -0.650. The van der Waals surface area contributed by atoms with Crippen molar-refractivity contribution < 1.29 is 9.18 Å². The first kappa shape index (κ1) is 14.8. The third-order valence-corrected chi connectivity index (χ3v) is 3.78. The van der Waals surface area contributed by atoms with Crippen LogP contribution in [0.4, 0.5) is 4.39 Å². The Balaban J connectivity index is 1.92. The molecule has 1 unspecified atom stereocenters. The first-order valence-electron chi connectivity index (χ1n) is 6.41. The Morgan fingerprint density at radius 3 is 2.85 bits per heavy atom. The fraction of sp³-hybridized carbons (Fsp3) is 0.333. The highest BCUT2D eigenvalue weighted by molar-refractivity contribution is 7.07. The van der Waals surface area contributed by atoms with Gasteiger partial charge in [-0.15, -0.1) is 0 Å². The predicted octanol–water partition coefficient (Wildman–Crippen LogP) is 3.23. The highest BCUT2D eigenvalue weighted by Crippen LogP contribution is 2.12. The summed E-state index contributed by atoms with van der Waals surface area (Å²) >= 11 is 1.67. The summed E-state index contributed by atoms with van der Waals surface area (Å²) in [6.07, 6.45) is 1.08. The van der Waals surface area contributed by atoms with Crippen molar-refractivity contribution in [3.8, 4) is 0 Å². The van der Waals surface area contributed by atoms with Gasteiger partial charge in [-0.2, -0.15) is 11.3 Å². The number of halogens is 1. The van der Waals surface area contributed by atoms with Gasteiger partial charge < -0.3 is 4.90 Å². The number of rotatable bonds is 6. The molecule has 0 saturated carbocycles. The highest BCUT2D eigenvalue weighted by atomic mass is 32.1. The minimum absolute atomic E-state index is 0.0535. The van der Waals surface area contributed by atoms with E-state index in [4.69, 9.17) is 0 Å². The number of thiophene rings is 1. The molecule has 0 amide bonds. The number of aromatic nitrogens is 1. The molecule has 0 spiro atoms. The van der Waals surface area contributed by atoms with Gasteiger partial charge in [-0.25, -0.2) is 4.39 Å². The maximum Gasteiger partial charge on any atom is 0.185 e. The van der Waals surface area contributed by atoms with E-state index in [1.54, 1.807) is 11.3 Å². The zero-order chi connectivity index (χ0) is 14.5. The number of hydrogen-bond donors (Lipinski definition) is 0. The van der Waals surface area contributed by atoms with Crippen LogP contribution in [0.2, 0.25) is 0 Å². The molecule has 0 fully saturated rings. The Bertz CT molecular complexity index is 554. The van der Waals surface area contributed by atoms with Gasteiger partial charge in [0.15, 0.2) is 5.78 Å². The van der Waals surface area contributed by atoms with Crippen LogP contribution in [0.3, 0.4) is 0 Å². The Morgan fingerprint density at radius 1 is 1.45 bits per heavy atom. The lowest BCUT2D eigenvalue weighted by Gasteiger charge is -2.19. The van der Waals surface area contributed by atoms with E-state index in [2.05, 4.69) is 21.3 Å². The van der Waals surface area contributed by atoms with Gasteiger partial charge in [-0.3, -0.25) is 9.78 Å². The molecule has 0 saturated heterocycles. The van der Waals surface area contributed by atoms with Crippen LogP contribution in [0.5, 0.6) is 0 Å². The number of carbonyl (C=O) groups is 1. The number of pyridine rings is 1. The molecule has 0 aliphatic heterocycles. The molecule has 5 heteroatoms. The molecule has 0 aliphatic rings. The molecule has 106 valence electrons. The van der Waals surface area contributed by atoms with E-state index >= 15 is 0 Å². The van der Waals surface area contributed by atoms with Crippen LogP contribution in [0.25, 0.3) is 0 Å². The average Bonchev–Trinajstić information content (AvgIpc) is 2.91. The van der Waals surface area contributed by atoms with Crippen molar-refractivity contribution in [1.82, 2.24) is 9.88 Å². The monoisotopic (exact) mass is 292 g/mol. The summed E-state index contributed by atoms with van der Waals surface area (Å²) in [6.45, 7) is 3.34. The lowest BCUT2D eigenvalue weighted by atomic mass is 10.0. The van der Waals surface area contributed by atoms with E-state index in [0.717, 1.165) is 12.7 Å². The van der Waals surface area contributed by atoms with E-state index in [1.807, 2.05) is 19.4 Å². The van der Waals surface area contributed by atoms with Crippen molar-refractivity contribution >= 4 is 17.1 Å². The van der Waals surface area contributed by atoms with Gasteiger partial charge in [0.05, 0.1) is 6.20 Å². The molecule has 0 bridgehead atoms. The van der Waals surface area contributed by atoms with Crippen molar-refractivity contribution in [2.24, 2.45) is 5.92 Å². The minimum Gasteiger partial charge on any atom is -0.301 e. The minimum atomic E-state index is -0.427. The standard InChI is InChI=1S/C15H17FN2OS/c1-11(8-18(2)9-12-5-6-20-10-12)15(19)14-4-3-13(16)7-17-14/h3-7,10-11H,8-9H2,1-2H3. The normalized spacial score (nSPS) is 12.6. The maximum atomic E-state index is 12.8. The fourth-order valence-corrected chi connectivity index (χ4v) is 2.74. The summed E-state index contributed by atoms with van der Waals surface area (Å²) < 4.78 is 12.8. The number of carbonyl (C=O) groups excluding carboxylic acids is 1. The van der Waals surface area contributed by atoms with Gasteiger partial charge in [-0.1, -0.05) is 6.92 Å². The van der Waals surface area contributed by atoms with Crippen molar-refractivity contribution in [2.45, 2.75) is 13.5 Å². The Labute approximate surface area is 122 Å². The van der Waals surface area contributed by atoms with Gasteiger partial charge >= 0.3 is 0 Å². The van der Waals surface area contributed by atoms with Crippen LogP contribution in [0, 0.1) is 11.7 Å². The molecule has 2 aromatic heterocycles. The molecule has 0 aromatic carbocycles. The van der Waals surface area contributed by atoms with Crippen LogP contribution in [0.1, 0.15) is 23.0 Å². The van der Waals surface area contributed by atoms with Crippen molar-refractivity contribution in [3.05, 3.63) is 52.2 Å². The van der Waals surface area contributed by atoms with Crippen molar-refractivity contribution in [2.75, 3.05) is 13.6 Å². The van der Waals surface area contributed by atoms with Gasteiger partial charge in [0.25, 0.3) is 0 Å². The molecular weight excluding hydrogens is 275 g/mol. The summed E-state index contributed by atoms with van der Waals surface area (Å²) in [6, 6.07) is 4.78. The van der Waals surface area contributed by atoms with E-state index in [1.165, 1.54) is 17.7 Å². The van der Waals surface area contributed by atoms with Crippen LogP contribution >= 0.6 is 11.3 Å². The lowest BCUT2D eigenvalue weighted by Crippen LogP contribution is -2.28. The topological polar surface area (TPSA) is 33.2 Å². The Kier molecular flexibility index (Phi) is 4.98. The highest BCUT2D eigenvalue weighted by Gasteiger charge is 2.18. The second-order valence-electron chi connectivity index (χ2n) is 4.96. The number of hydrogen-bond acceptors (Lipinski definition) is 4. The third kappa shape index (κ3) is 3.95. The van der Waals surface area contributed by atoms with Gasteiger partial charge in [0.1, 0.15) is 11.5 Å². The summed E-state index contributed by atoms with van der Waals surface area (Å²) in [4.78, 5) is 18.1. The molecular formula is C15H17FN2OS. The van der Waals surface area contributed by atoms with Crippen molar-refractivity contribution in [3.63, 3.8) is 0 Å². The number of Topliss-reactive ketones (excluding diaryl/α,β-unsaturated/α-hetero) is 1. The zero-order valence-corrected chi connectivity index (χ0v) is 12.4. The van der Waals surface area contributed by atoms with E-state index in [-0.39, 0.29) is 11.7 Å². The first-order valence-corrected chi connectivity index (χ1v) is 7.36. The Hall–Kier alpha value is -1.59. The third-order valence-electron chi connectivity index (χ3n) is 3.05. The predicted molar refractivity (Wildman–Crippen MR) is 78.3 cm³/mol. The fourth-order valence-electron chi connectivity index (χ4n) is 2.08. The number of ketones is 1. The summed E-state index contributed by atoms with van der Waals surface area (Å²) in [5, 5.41) is 4.14. The number of nitrogens with zero attached hydrogens (tertiary/aromatic N) is 2. The largest absolute Gasteiger partial charge is 0.301 e. The summed E-state index contributed by atoms with van der Waals surface area (Å²) in [7, 11) is 1.99. The summed E-state index contributed by atoms with van der Waals surface area (Å²) in [5.41, 5.74) is 1.57.